The number of carbonyl (C=O) groups excluding carboxylic acids is 3. The molecule has 2 fully saturated rings. The van der Waals surface area contributed by atoms with Crippen molar-refractivity contribution in [3.8, 4) is 0 Å². The summed E-state index contributed by atoms with van der Waals surface area (Å²) in [5, 5.41) is 10.5. The number of hydrogen-bond donors (Lipinski definition) is 1. The highest BCUT2D eigenvalue weighted by molar-refractivity contribution is 5.98. The van der Waals surface area contributed by atoms with Crippen molar-refractivity contribution in [1.82, 2.24) is 0 Å². The van der Waals surface area contributed by atoms with E-state index in [-0.39, 0.29) is 18.3 Å². The van der Waals surface area contributed by atoms with Crippen LogP contribution in [-0.2, 0) is 28.6 Å². The maximum absolute atomic E-state index is 12.7. The fraction of sp³-hybridized carbons (Fsp3) is 0.773. The van der Waals surface area contributed by atoms with Crippen LogP contribution in [0.4, 0.5) is 0 Å². The molecule has 3 rings (SSSR count). The lowest BCUT2D eigenvalue weighted by atomic mass is 9.54. The second kappa shape index (κ2) is 6.64. The maximum Gasteiger partial charge on any atom is 0.341 e. The Bertz CT molecular complexity index is 779. The molecule has 0 spiro atoms. The molecule has 7 heteroatoms. The zero-order chi connectivity index (χ0) is 22.0. The molecule has 1 saturated heterocycles. The van der Waals surface area contributed by atoms with E-state index in [2.05, 4.69) is 0 Å². The molecule has 1 N–H and O–H groups in total. The number of epoxide rings is 1. The van der Waals surface area contributed by atoms with Gasteiger partial charge in [0.2, 0.25) is 0 Å². The molecule has 0 unspecified atom stereocenters. The zero-order valence-corrected chi connectivity index (χ0v) is 18.3. The summed E-state index contributed by atoms with van der Waals surface area (Å²) in [6.45, 7) is 11.7. The minimum atomic E-state index is -1.32. The topological polar surface area (TPSA) is 102 Å². The van der Waals surface area contributed by atoms with Gasteiger partial charge < -0.3 is 19.3 Å². The molecular formula is C22H32O7. The Hall–Kier alpha value is -1.73. The van der Waals surface area contributed by atoms with Gasteiger partial charge >= 0.3 is 11.9 Å². The third-order valence-corrected chi connectivity index (χ3v) is 7.00. The van der Waals surface area contributed by atoms with Gasteiger partial charge in [0, 0.05) is 24.8 Å². The van der Waals surface area contributed by atoms with Gasteiger partial charge in [-0.05, 0) is 52.9 Å². The van der Waals surface area contributed by atoms with Gasteiger partial charge in [0.05, 0.1) is 11.7 Å². The standard InChI is InChI=1S/C22H32O7/c1-12-21(6,28-12)18(25)27-17-8-9-20(5)11-15(24)14(19(3,4)26)10-16(20)22(17,7)29-13(2)23/h10,12,16-17,26H,8-9,11H2,1-7H3/t12-,16+,17-,20+,21-,22-/m0/s1. The monoisotopic (exact) mass is 408 g/mol. The first-order valence-electron chi connectivity index (χ1n) is 10.2. The molecule has 1 saturated carbocycles. The largest absolute Gasteiger partial charge is 0.456 e. The van der Waals surface area contributed by atoms with Gasteiger partial charge in [-0.1, -0.05) is 13.0 Å². The van der Waals surface area contributed by atoms with Gasteiger partial charge in [-0.15, -0.1) is 0 Å². The molecule has 0 amide bonds. The molecule has 0 aromatic rings. The molecular weight excluding hydrogens is 376 g/mol. The van der Waals surface area contributed by atoms with Crippen molar-refractivity contribution < 1.29 is 33.7 Å². The van der Waals surface area contributed by atoms with Gasteiger partial charge in [-0.25, -0.2) is 4.79 Å². The van der Waals surface area contributed by atoms with Crippen molar-refractivity contribution in [2.45, 2.75) is 96.7 Å². The SMILES string of the molecule is CC(=O)O[C@]1(C)[C@@H](OC(=O)[C@@]2(C)O[C@H]2C)CC[C@]2(C)CC(=O)C(C(C)(C)O)=C[C@H]21. The lowest BCUT2D eigenvalue weighted by Gasteiger charge is -2.55. The Morgan fingerprint density at radius 3 is 2.34 bits per heavy atom. The predicted octanol–water partition coefficient (Wildman–Crippen LogP) is 2.48. The minimum Gasteiger partial charge on any atom is -0.456 e. The van der Waals surface area contributed by atoms with Gasteiger partial charge in [0.1, 0.15) is 6.10 Å². The second-order valence-electron chi connectivity index (χ2n) is 9.95. The average Bonchev–Trinajstić information content (AvgIpc) is 3.16. The molecule has 0 aromatic carbocycles. The van der Waals surface area contributed by atoms with E-state index in [0.717, 1.165) is 0 Å². The van der Waals surface area contributed by atoms with E-state index in [1.165, 1.54) is 6.92 Å². The van der Waals surface area contributed by atoms with Crippen LogP contribution in [0, 0.1) is 11.3 Å². The smallest absolute Gasteiger partial charge is 0.341 e. The van der Waals surface area contributed by atoms with E-state index in [0.29, 0.717) is 18.4 Å². The normalized spacial score (nSPS) is 41.9. The van der Waals surface area contributed by atoms with Gasteiger partial charge in [0.25, 0.3) is 0 Å². The average molecular weight is 408 g/mol. The zero-order valence-electron chi connectivity index (χ0n) is 18.3. The molecule has 0 radical (unpaired) electrons. The van der Waals surface area contributed by atoms with E-state index < -0.39 is 46.2 Å². The fourth-order valence-corrected chi connectivity index (χ4v) is 5.04. The Kier molecular flexibility index (Phi) is 5.03. The van der Waals surface area contributed by atoms with Crippen molar-refractivity contribution in [2.24, 2.45) is 11.3 Å². The number of rotatable bonds is 4. The molecule has 6 atom stereocenters. The summed E-state index contributed by atoms with van der Waals surface area (Å²) < 4.78 is 17.0. The number of ketones is 1. The van der Waals surface area contributed by atoms with Crippen LogP contribution in [0.1, 0.15) is 67.7 Å². The first-order valence-corrected chi connectivity index (χ1v) is 10.2. The van der Waals surface area contributed by atoms with Crippen molar-refractivity contribution in [2.75, 3.05) is 0 Å². The number of Topliss-reactive ketones (excluding diaryl/α,β-unsaturated/α-hetero) is 1. The third-order valence-electron chi connectivity index (χ3n) is 7.00. The Balaban J connectivity index is 2.01. The lowest BCUT2D eigenvalue weighted by molar-refractivity contribution is -0.212. The Morgan fingerprint density at radius 1 is 1.28 bits per heavy atom. The number of hydrogen-bond acceptors (Lipinski definition) is 7. The van der Waals surface area contributed by atoms with Gasteiger partial charge in [0.15, 0.2) is 17.0 Å². The first-order chi connectivity index (χ1) is 13.1. The number of carbonyl (C=O) groups is 3. The molecule has 7 nitrogen and oxygen atoms in total. The molecule has 0 bridgehead atoms. The van der Waals surface area contributed by atoms with Crippen LogP contribution in [0.15, 0.2) is 11.6 Å². The summed E-state index contributed by atoms with van der Waals surface area (Å²) >= 11 is 0. The van der Waals surface area contributed by atoms with Crippen molar-refractivity contribution in [1.29, 1.82) is 0 Å². The van der Waals surface area contributed by atoms with Gasteiger partial charge in [-0.3, -0.25) is 9.59 Å². The third kappa shape index (κ3) is 3.63. The highest BCUT2D eigenvalue weighted by atomic mass is 16.7. The van der Waals surface area contributed by atoms with Crippen LogP contribution in [0.3, 0.4) is 0 Å². The van der Waals surface area contributed by atoms with E-state index >= 15 is 0 Å². The summed E-state index contributed by atoms with van der Waals surface area (Å²) in [4.78, 5) is 37.4. The minimum absolute atomic E-state index is 0.107. The molecule has 162 valence electrons. The number of esters is 2. The van der Waals surface area contributed by atoms with Crippen LogP contribution in [0.2, 0.25) is 0 Å². The first kappa shape index (κ1) is 22.0. The highest BCUT2D eigenvalue weighted by Gasteiger charge is 2.62. The van der Waals surface area contributed by atoms with Crippen molar-refractivity contribution in [3.05, 3.63) is 11.6 Å². The van der Waals surface area contributed by atoms with E-state index in [4.69, 9.17) is 14.2 Å². The number of aliphatic hydroxyl groups is 1. The van der Waals surface area contributed by atoms with Crippen LogP contribution >= 0.6 is 0 Å². The molecule has 1 heterocycles. The van der Waals surface area contributed by atoms with E-state index in [1.807, 2.05) is 6.92 Å². The molecule has 2 aliphatic carbocycles. The summed E-state index contributed by atoms with van der Waals surface area (Å²) in [7, 11) is 0. The Morgan fingerprint density at radius 2 is 1.86 bits per heavy atom. The van der Waals surface area contributed by atoms with Crippen LogP contribution in [0.5, 0.6) is 0 Å². The van der Waals surface area contributed by atoms with Gasteiger partial charge in [-0.2, -0.15) is 0 Å². The second-order valence-corrected chi connectivity index (χ2v) is 9.95. The molecule has 3 aliphatic rings. The fourth-order valence-electron chi connectivity index (χ4n) is 5.04. The Labute approximate surface area is 171 Å². The van der Waals surface area contributed by atoms with E-state index in [9.17, 15) is 19.5 Å². The summed E-state index contributed by atoms with van der Waals surface area (Å²) in [5.74, 6) is -1.47. The lowest BCUT2D eigenvalue weighted by Crippen LogP contribution is -2.61. The highest BCUT2D eigenvalue weighted by Crippen LogP contribution is 2.55. The van der Waals surface area contributed by atoms with Crippen molar-refractivity contribution >= 4 is 17.7 Å². The number of ether oxygens (including phenoxy) is 3. The molecule has 1 aliphatic heterocycles. The van der Waals surface area contributed by atoms with Crippen molar-refractivity contribution in [3.63, 3.8) is 0 Å². The maximum atomic E-state index is 12.7. The summed E-state index contributed by atoms with van der Waals surface area (Å²) in [5.41, 5.74) is -3.62. The van der Waals surface area contributed by atoms with Crippen LogP contribution < -0.4 is 0 Å². The molecule has 29 heavy (non-hydrogen) atoms. The quantitative estimate of drug-likeness (QED) is 0.563. The number of fused-ring (bicyclic) bond motifs is 1. The van der Waals surface area contributed by atoms with Crippen LogP contribution in [-0.4, -0.2) is 51.8 Å². The predicted molar refractivity (Wildman–Crippen MR) is 104 cm³/mol. The van der Waals surface area contributed by atoms with Crippen LogP contribution in [0.25, 0.3) is 0 Å². The molecule has 0 aromatic heterocycles. The summed E-state index contributed by atoms with van der Waals surface area (Å²) in [6.07, 6.45) is 2.15. The van der Waals surface area contributed by atoms with E-state index in [1.54, 1.807) is 40.7 Å². The summed E-state index contributed by atoms with van der Waals surface area (Å²) in [6, 6.07) is 0.